The van der Waals surface area contributed by atoms with Gasteiger partial charge in [-0.1, -0.05) is 12.1 Å². The number of esters is 1. The summed E-state index contributed by atoms with van der Waals surface area (Å²) in [6.07, 6.45) is 1.64. The van der Waals surface area contributed by atoms with E-state index in [-0.39, 0.29) is 11.3 Å². The quantitative estimate of drug-likeness (QED) is 0.240. The molecule has 2 heterocycles. The molecule has 1 N–H and O–H groups in total. The first-order chi connectivity index (χ1) is 17.9. The molecule has 0 saturated carbocycles. The van der Waals surface area contributed by atoms with Gasteiger partial charge < -0.3 is 19.3 Å². The van der Waals surface area contributed by atoms with E-state index in [1.54, 1.807) is 54.6 Å². The number of aliphatic hydroxyl groups is 1. The third-order valence-electron chi connectivity index (χ3n) is 6.60. The number of amides is 1. The zero-order valence-corrected chi connectivity index (χ0v) is 20.4. The molecular formula is C29H25NO7. The lowest BCUT2D eigenvalue weighted by Crippen LogP contribution is -2.29. The number of aryl methyl sites for hydroxylation is 1. The van der Waals surface area contributed by atoms with Crippen molar-refractivity contribution in [3.8, 4) is 11.5 Å². The fourth-order valence-electron chi connectivity index (χ4n) is 4.76. The molecule has 0 bridgehead atoms. The molecule has 1 amide bonds. The Labute approximate surface area is 213 Å². The molecule has 1 fully saturated rings. The molecule has 8 heteroatoms. The van der Waals surface area contributed by atoms with Crippen LogP contribution >= 0.6 is 0 Å². The van der Waals surface area contributed by atoms with Crippen LogP contribution in [-0.4, -0.2) is 43.6 Å². The molecule has 0 spiro atoms. The van der Waals surface area contributed by atoms with Crippen molar-refractivity contribution in [2.45, 2.75) is 18.9 Å². The van der Waals surface area contributed by atoms with Gasteiger partial charge in [-0.25, -0.2) is 4.79 Å². The summed E-state index contributed by atoms with van der Waals surface area (Å²) in [6.45, 7) is 0.633. The Morgan fingerprint density at radius 3 is 2.49 bits per heavy atom. The summed E-state index contributed by atoms with van der Waals surface area (Å²) in [5.41, 5.74) is 2.60. The fourth-order valence-corrected chi connectivity index (χ4v) is 4.76. The second kappa shape index (κ2) is 9.81. The maximum absolute atomic E-state index is 13.4. The van der Waals surface area contributed by atoms with Crippen LogP contribution in [-0.2, 0) is 20.7 Å². The molecule has 37 heavy (non-hydrogen) atoms. The molecule has 0 aliphatic carbocycles. The normalized spacial score (nSPS) is 18.2. The average Bonchev–Trinajstić information content (AvgIpc) is 3.22. The van der Waals surface area contributed by atoms with Gasteiger partial charge in [0.25, 0.3) is 11.7 Å². The van der Waals surface area contributed by atoms with E-state index in [2.05, 4.69) is 0 Å². The van der Waals surface area contributed by atoms with E-state index < -0.39 is 23.7 Å². The summed E-state index contributed by atoms with van der Waals surface area (Å²) in [7, 11) is 2.81. The monoisotopic (exact) mass is 499 g/mol. The zero-order valence-electron chi connectivity index (χ0n) is 20.4. The maximum atomic E-state index is 13.4. The Kier molecular flexibility index (Phi) is 6.40. The van der Waals surface area contributed by atoms with Crippen LogP contribution in [0.4, 0.5) is 5.69 Å². The maximum Gasteiger partial charge on any atom is 0.337 e. The Bertz CT molecular complexity index is 1420. The summed E-state index contributed by atoms with van der Waals surface area (Å²) < 4.78 is 15.8. The molecular weight excluding hydrogens is 474 g/mol. The molecule has 1 atom stereocenters. The van der Waals surface area contributed by atoms with Crippen LogP contribution in [0.25, 0.3) is 5.76 Å². The number of fused-ring (bicyclic) bond motifs is 1. The third kappa shape index (κ3) is 4.31. The first kappa shape index (κ1) is 24.1. The summed E-state index contributed by atoms with van der Waals surface area (Å²) in [5, 5.41) is 11.4. The number of nitrogens with zero attached hydrogens (tertiary/aromatic N) is 1. The Morgan fingerprint density at radius 2 is 1.76 bits per heavy atom. The molecule has 2 aliphatic heterocycles. The molecule has 2 aliphatic rings. The van der Waals surface area contributed by atoms with Gasteiger partial charge in [0.2, 0.25) is 0 Å². The van der Waals surface area contributed by atoms with Gasteiger partial charge >= 0.3 is 5.97 Å². The number of hydrogen-bond acceptors (Lipinski definition) is 7. The van der Waals surface area contributed by atoms with Crippen LogP contribution in [0.15, 0.2) is 72.3 Å². The van der Waals surface area contributed by atoms with Gasteiger partial charge in [-0.3, -0.25) is 14.5 Å². The van der Waals surface area contributed by atoms with Crippen molar-refractivity contribution in [3.63, 3.8) is 0 Å². The zero-order chi connectivity index (χ0) is 26.1. The highest BCUT2D eigenvalue weighted by atomic mass is 16.5. The fraction of sp³-hybridized carbons (Fsp3) is 0.207. The molecule has 0 radical (unpaired) electrons. The van der Waals surface area contributed by atoms with Crippen LogP contribution in [0.5, 0.6) is 11.5 Å². The number of rotatable bonds is 5. The average molecular weight is 500 g/mol. The molecule has 5 rings (SSSR count). The number of benzene rings is 3. The molecule has 8 nitrogen and oxygen atoms in total. The van der Waals surface area contributed by atoms with Crippen LogP contribution < -0.4 is 14.4 Å². The number of carbonyl (C=O) groups excluding carboxylic acids is 3. The van der Waals surface area contributed by atoms with Gasteiger partial charge in [0, 0.05) is 11.3 Å². The number of carbonyl (C=O) groups is 3. The van der Waals surface area contributed by atoms with Gasteiger partial charge in [-0.2, -0.15) is 0 Å². The second-order valence-electron chi connectivity index (χ2n) is 8.76. The number of hydrogen-bond donors (Lipinski definition) is 1. The first-order valence-corrected chi connectivity index (χ1v) is 11.8. The van der Waals surface area contributed by atoms with Gasteiger partial charge in [0.05, 0.1) is 38.0 Å². The van der Waals surface area contributed by atoms with E-state index in [0.717, 1.165) is 24.2 Å². The SMILES string of the molecule is COC(=O)c1ccc(N2C(=O)C(=O)/C(=C(\O)c3ccc4c(c3)CCCO4)C2c2cccc(OC)c2)cc1. The predicted octanol–water partition coefficient (Wildman–Crippen LogP) is 4.43. The van der Waals surface area contributed by atoms with Gasteiger partial charge in [0.1, 0.15) is 17.3 Å². The highest BCUT2D eigenvalue weighted by Crippen LogP contribution is 2.43. The number of ether oxygens (including phenoxy) is 3. The molecule has 0 aromatic heterocycles. The highest BCUT2D eigenvalue weighted by molar-refractivity contribution is 6.51. The second-order valence-corrected chi connectivity index (χ2v) is 8.76. The molecule has 3 aromatic rings. The van der Waals surface area contributed by atoms with Crippen LogP contribution in [0, 0.1) is 0 Å². The molecule has 188 valence electrons. The summed E-state index contributed by atoms with van der Waals surface area (Å²) >= 11 is 0. The highest BCUT2D eigenvalue weighted by Gasteiger charge is 2.47. The summed E-state index contributed by atoms with van der Waals surface area (Å²) in [4.78, 5) is 40.0. The standard InChI is InChI=1S/C29H25NO7/c1-35-22-7-3-5-19(16-22)25-24(26(31)20-10-13-23-18(15-20)6-4-14-37-23)27(32)28(33)30(25)21-11-8-17(9-12-21)29(34)36-2/h3,5,7-13,15-16,25,31H,4,6,14H2,1-2H3/b26-24-. The van der Waals surface area contributed by atoms with E-state index in [0.29, 0.717) is 34.7 Å². The molecule has 1 saturated heterocycles. The minimum Gasteiger partial charge on any atom is -0.507 e. The number of aliphatic hydroxyl groups excluding tert-OH is 1. The van der Waals surface area contributed by atoms with Crippen molar-refractivity contribution in [2.24, 2.45) is 0 Å². The van der Waals surface area contributed by atoms with E-state index in [1.165, 1.54) is 31.3 Å². The Balaban J connectivity index is 1.66. The van der Waals surface area contributed by atoms with Crippen molar-refractivity contribution in [1.82, 2.24) is 0 Å². The minimum absolute atomic E-state index is 0.0352. The first-order valence-electron chi connectivity index (χ1n) is 11.8. The van der Waals surface area contributed by atoms with Crippen molar-refractivity contribution < 1.29 is 33.7 Å². The molecule has 1 unspecified atom stereocenters. The van der Waals surface area contributed by atoms with Gasteiger partial charge in [-0.15, -0.1) is 0 Å². The number of anilines is 1. The number of Topliss-reactive ketones (excluding diaryl/α,β-unsaturated/α-hetero) is 1. The Morgan fingerprint density at radius 1 is 1.00 bits per heavy atom. The van der Waals surface area contributed by atoms with Crippen molar-refractivity contribution in [2.75, 3.05) is 25.7 Å². The largest absolute Gasteiger partial charge is 0.507 e. The summed E-state index contributed by atoms with van der Waals surface area (Å²) in [5.74, 6) is -1.10. The number of ketones is 1. The van der Waals surface area contributed by atoms with E-state index in [9.17, 15) is 19.5 Å². The van der Waals surface area contributed by atoms with Crippen LogP contribution in [0.3, 0.4) is 0 Å². The lowest BCUT2D eigenvalue weighted by Gasteiger charge is -2.26. The third-order valence-corrected chi connectivity index (χ3v) is 6.60. The molecule has 3 aromatic carbocycles. The topological polar surface area (TPSA) is 102 Å². The van der Waals surface area contributed by atoms with Crippen molar-refractivity contribution in [1.29, 1.82) is 0 Å². The lowest BCUT2D eigenvalue weighted by molar-refractivity contribution is -0.132. The van der Waals surface area contributed by atoms with Crippen molar-refractivity contribution >= 4 is 29.1 Å². The smallest absolute Gasteiger partial charge is 0.337 e. The van der Waals surface area contributed by atoms with Gasteiger partial charge in [-0.05, 0) is 78.6 Å². The summed E-state index contributed by atoms with van der Waals surface area (Å²) in [6, 6.07) is 17.5. The van der Waals surface area contributed by atoms with E-state index in [4.69, 9.17) is 14.2 Å². The Hall–Kier alpha value is -4.59. The van der Waals surface area contributed by atoms with Crippen LogP contribution in [0.1, 0.15) is 39.5 Å². The van der Waals surface area contributed by atoms with Crippen molar-refractivity contribution in [3.05, 3.63) is 94.6 Å². The van der Waals surface area contributed by atoms with Gasteiger partial charge in [0.15, 0.2) is 0 Å². The van der Waals surface area contributed by atoms with E-state index in [1.807, 2.05) is 0 Å². The minimum atomic E-state index is -0.925. The lowest BCUT2D eigenvalue weighted by atomic mass is 9.93. The van der Waals surface area contributed by atoms with Crippen LogP contribution in [0.2, 0.25) is 0 Å². The van der Waals surface area contributed by atoms with E-state index >= 15 is 0 Å². The number of methoxy groups -OCH3 is 2. The predicted molar refractivity (Wildman–Crippen MR) is 136 cm³/mol.